The zero-order valence-corrected chi connectivity index (χ0v) is 11.8. The molecule has 1 aromatic carbocycles. The third-order valence-corrected chi connectivity index (χ3v) is 2.93. The summed E-state index contributed by atoms with van der Waals surface area (Å²) in [6, 6.07) is 7.48. The molecule has 0 bridgehead atoms. The van der Waals surface area contributed by atoms with Gasteiger partial charge in [0.15, 0.2) is 0 Å². The molecule has 1 atom stereocenters. The molecule has 108 valence electrons. The van der Waals surface area contributed by atoms with Crippen molar-refractivity contribution in [3.63, 3.8) is 0 Å². The number of carbonyl (C=O) groups excluding carboxylic acids is 1. The Labute approximate surface area is 119 Å². The molecule has 2 N–H and O–H groups in total. The van der Waals surface area contributed by atoms with Crippen LogP contribution >= 0.6 is 0 Å². The minimum atomic E-state index is -0.910. The fourth-order valence-corrected chi connectivity index (χ4v) is 2.04. The number of hydrogen-bond acceptors (Lipinski definition) is 2. The molecule has 0 fully saturated rings. The highest BCUT2D eigenvalue weighted by Crippen LogP contribution is 2.09. The Morgan fingerprint density at radius 1 is 1.45 bits per heavy atom. The van der Waals surface area contributed by atoms with Gasteiger partial charge in [-0.15, -0.1) is 6.58 Å². The Balaban J connectivity index is 2.66. The number of carboxylic acid groups (broad SMARTS) is 1. The van der Waals surface area contributed by atoms with E-state index in [0.29, 0.717) is 19.3 Å². The first-order valence-electron chi connectivity index (χ1n) is 6.69. The van der Waals surface area contributed by atoms with E-state index in [1.807, 2.05) is 31.2 Å². The van der Waals surface area contributed by atoms with Gasteiger partial charge in [0.1, 0.15) is 0 Å². The lowest BCUT2D eigenvalue weighted by Gasteiger charge is -2.17. The van der Waals surface area contributed by atoms with Crippen molar-refractivity contribution in [1.82, 2.24) is 5.32 Å². The van der Waals surface area contributed by atoms with Crippen LogP contribution in [-0.4, -0.2) is 23.0 Å². The molecular formula is C16H21NO3. The van der Waals surface area contributed by atoms with Gasteiger partial charge in [0, 0.05) is 12.5 Å². The molecule has 4 heteroatoms. The lowest BCUT2D eigenvalue weighted by Crippen LogP contribution is -2.37. The van der Waals surface area contributed by atoms with Gasteiger partial charge in [0.25, 0.3) is 0 Å². The molecule has 20 heavy (non-hydrogen) atoms. The van der Waals surface area contributed by atoms with E-state index >= 15 is 0 Å². The van der Waals surface area contributed by atoms with Gasteiger partial charge in [-0.25, -0.2) is 0 Å². The lowest BCUT2D eigenvalue weighted by atomic mass is 10.0. The van der Waals surface area contributed by atoms with Crippen LogP contribution in [0.15, 0.2) is 36.9 Å². The zero-order valence-electron chi connectivity index (χ0n) is 11.8. The quantitative estimate of drug-likeness (QED) is 0.716. The number of carboxylic acids is 1. The number of aryl methyl sites for hydroxylation is 1. The SMILES string of the molecule is C=CCCC(=O)N[C@H](CC(=O)O)Cc1cccc(C)c1. The zero-order chi connectivity index (χ0) is 15.0. The van der Waals surface area contributed by atoms with Gasteiger partial charge in [-0.1, -0.05) is 35.9 Å². The van der Waals surface area contributed by atoms with E-state index in [2.05, 4.69) is 11.9 Å². The van der Waals surface area contributed by atoms with Crippen molar-refractivity contribution in [1.29, 1.82) is 0 Å². The van der Waals surface area contributed by atoms with Crippen LogP contribution in [0.25, 0.3) is 0 Å². The van der Waals surface area contributed by atoms with E-state index in [0.717, 1.165) is 11.1 Å². The second-order valence-corrected chi connectivity index (χ2v) is 4.88. The highest BCUT2D eigenvalue weighted by molar-refractivity contribution is 5.77. The summed E-state index contributed by atoms with van der Waals surface area (Å²) in [7, 11) is 0. The van der Waals surface area contributed by atoms with Gasteiger partial charge >= 0.3 is 5.97 Å². The Hall–Kier alpha value is -2.10. The molecule has 0 aliphatic heterocycles. The summed E-state index contributed by atoms with van der Waals surface area (Å²) in [5, 5.41) is 11.7. The summed E-state index contributed by atoms with van der Waals surface area (Å²) in [5.74, 6) is -1.05. The standard InChI is InChI=1S/C16H21NO3/c1-3-4-8-15(18)17-14(11-16(19)20)10-13-7-5-6-12(2)9-13/h3,5-7,9,14H,1,4,8,10-11H2,2H3,(H,17,18)(H,19,20)/t14-/m0/s1. The smallest absolute Gasteiger partial charge is 0.305 e. The Bertz CT molecular complexity index is 482. The first-order valence-corrected chi connectivity index (χ1v) is 6.69. The van der Waals surface area contributed by atoms with Gasteiger partial charge in [0.05, 0.1) is 6.42 Å². The third-order valence-electron chi connectivity index (χ3n) is 2.93. The minimum absolute atomic E-state index is 0.0756. The van der Waals surface area contributed by atoms with Gasteiger partial charge in [-0.05, 0) is 25.3 Å². The predicted octanol–water partition coefficient (Wildman–Crippen LogP) is 2.46. The van der Waals surface area contributed by atoms with E-state index in [-0.39, 0.29) is 18.4 Å². The second-order valence-electron chi connectivity index (χ2n) is 4.88. The molecule has 0 aliphatic rings. The van der Waals surface area contributed by atoms with Crippen molar-refractivity contribution in [3.8, 4) is 0 Å². The highest BCUT2D eigenvalue weighted by Gasteiger charge is 2.16. The Kier molecular flexibility index (Phi) is 6.50. The topological polar surface area (TPSA) is 66.4 Å². The maximum Gasteiger partial charge on any atom is 0.305 e. The van der Waals surface area contributed by atoms with Crippen LogP contribution in [0.1, 0.15) is 30.4 Å². The van der Waals surface area contributed by atoms with Crippen molar-refractivity contribution in [2.75, 3.05) is 0 Å². The van der Waals surface area contributed by atoms with E-state index < -0.39 is 5.97 Å². The summed E-state index contributed by atoms with van der Waals surface area (Å²) in [5.41, 5.74) is 2.15. The van der Waals surface area contributed by atoms with E-state index in [1.165, 1.54) is 0 Å². The summed E-state index contributed by atoms with van der Waals surface area (Å²) >= 11 is 0. The molecule has 0 saturated carbocycles. The number of rotatable bonds is 8. The third kappa shape index (κ3) is 6.18. The van der Waals surface area contributed by atoms with Crippen molar-refractivity contribution in [2.24, 2.45) is 0 Å². The fourth-order valence-electron chi connectivity index (χ4n) is 2.04. The maximum absolute atomic E-state index is 11.7. The van der Waals surface area contributed by atoms with Crippen molar-refractivity contribution in [3.05, 3.63) is 48.0 Å². The first-order chi connectivity index (χ1) is 9.51. The number of aliphatic carboxylic acids is 1. The second kappa shape index (κ2) is 8.15. The monoisotopic (exact) mass is 275 g/mol. The molecule has 0 aromatic heterocycles. The molecule has 1 rings (SSSR count). The molecule has 0 aliphatic carbocycles. The molecule has 4 nitrogen and oxygen atoms in total. The fraction of sp³-hybridized carbons (Fsp3) is 0.375. The largest absolute Gasteiger partial charge is 0.481 e. The number of amides is 1. The van der Waals surface area contributed by atoms with E-state index in [4.69, 9.17) is 5.11 Å². The summed E-state index contributed by atoms with van der Waals surface area (Å²) in [4.78, 5) is 22.6. The molecule has 1 amide bonds. The Morgan fingerprint density at radius 2 is 2.20 bits per heavy atom. The number of benzene rings is 1. The van der Waals surface area contributed by atoms with Crippen LogP contribution < -0.4 is 5.32 Å². The average Bonchev–Trinajstić information content (AvgIpc) is 2.35. The maximum atomic E-state index is 11.7. The number of nitrogens with one attached hydrogen (secondary N) is 1. The highest BCUT2D eigenvalue weighted by atomic mass is 16.4. The Morgan fingerprint density at radius 3 is 2.80 bits per heavy atom. The summed E-state index contributed by atoms with van der Waals surface area (Å²) in [6.07, 6.45) is 3.05. The molecule has 0 heterocycles. The van der Waals surface area contributed by atoms with Crippen LogP contribution in [0.4, 0.5) is 0 Å². The molecule has 0 saturated heterocycles. The number of hydrogen-bond donors (Lipinski definition) is 2. The molecule has 0 unspecified atom stereocenters. The van der Waals surface area contributed by atoms with Crippen LogP contribution in [0.3, 0.4) is 0 Å². The molecule has 1 aromatic rings. The predicted molar refractivity (Wildman–Crippen MR) is 78.5 cm³/mol. The number of allylic oxidation sites excluding steroid dienone is 1. The molecular weight excluding hydrogens is 254 g/mol. The van der Waals surface area contributed by atoms with Crippen molar-refractivity contribution in [2.45, 2.75) is 38.6 Å². The van der Waals surface area contributed by atoms with Gasteiger partial charge in [-0.3, -0.25) is 9.59 Å². The molecule has 0 radical (unpaired) electrons. The van der Waals surface area contributed by atoms with Crippen molar-refractivity contribution >= 4 is 11.9 Å². The normalized spacial score (nSPS) is 11.7. The summed E-state index contributed by atoms with van der Waals surface area (Å²) < 4.78 is 0. The van der Waals surface area contributed by atoms with Gasteiger partial charge in [-0.2, -0.15) is 0 Å². The molecule has 0 spiro atoms. The average molecular weight is 275 g/mol. The minimum Gasteiger partial charge on any atom is -0.481 e. The van der Waals surface area contributed by atoms with Crippen LogP contribution in [-0.2, 0) is 16.0 Å². The van der Waals surface area contributed by atoms with Gasteiger partial charge < -0.3 is 10.4 Å². The van der Waals surface area contributed by atoms with Gasteiger partial charge in [0.2, 0.25) is 5.91 Å². The van der Waals surface area contributed by atoms with Crippen molar-refractivity contribution < 1.29 is 14.7 Å². The van der Waals surface area contributed by atoms with E-state index in [1.54, 1.807) is 6.08 Å². The lowest BCUT2D eigenvalue weighted by molar-refractivity contribution is -0.137. The number of carbonyl (C=O) groups is 2. The first kappa shape index (κ1) is 16.0. The van der Waals surface area contributed by atoms with Crippen LogP contribution in [0.5, 0.6) is 0 Å². The van der Waals surface area contributed by atoms with E-state index in [9.17, 15) is 9.59 Å². The summed E-state index contributed by atoms with van der Waals surface area (Å²) in [6.45, 7) is 5.55. The van der Waals surface area contributed by atoms with Crippen LogP contribution in [0, 0.1) is 6.92 Å². The van der Waals surface area contributed by atoms with Crippen LogP contribution in [0.2, 0.25) is 0 Å².